The van der Waals surface area contributed by atoms with Gasteiger partial charge in [-0.05, 0) is 80.6 Å². The highest BCUT2D eigenvalue weighted by Crippen LogP contribution is 2.37. The predicted octanol–water partition coefficient (Wildman–Crippen LogP) is 4.12. The highest BCUT2D eigenvalue weighted by molar-refractivity contribution is 7.89. The van der Waals surface area contributed by atoms with Crippen LogP contribution in [0.4, 0.5) is 4.39 Å². The van der Waals surface area contributed by atoms with Crippen molar-refractivity contribution in [3.05, 3.63) is 78.4 Å². The summed E-state index contributed by atoms with van der Waals surface area (Å²) < 4.78 is 43.4. The zero-order chi connectivity index (χ0) is 24.3. The summed E-state index contributed by atoms with van der Waals surface area (Å²) in [7, 11) is -3.67. The van der Waals surface area contributed by atoms with Crippen LogP contribution in [0.25, 0.3) is 5.69 Å². The van der Waals surface area contributed by atoms with E-state index in [9.17, 15) is 17.6 Å². The molecule has 1 atom stereocenters. The van der Waals surface area contributed by atoms with Crippen LogP contribution in [0.1, 0.15) is 51.1 Å². The zero-order valence-corrected chi connectivity index (χ0v) is 20.1. The quantitative estimate of drug-likeness (QED) is 0.528. The van der Waals surface area contributed by atoms with Crippen LogP contribution in [-0.2, 0) is 14.8 Å². The van der Waals surface area contributed by atoms with Crippen LogP contribution in [0.5, 0.6) is 0 Å². The second kappa shape index (κ2) is 9.68. The van der Waals surface area contributed by atoms with Crippen LogP contribution in [-0.4, -0.2) is 30.1 Å². The van der Waals surface area contributed by atoms with Gasteiger partial charge in [0.15, 0.2) is 0 Å². The Balaban J connectivity index is 1.33. The van der Waals surface area contributed by atoms with Crippen LogP contribution in [0, 0.1) is 11.2 Å². The number of amides is 1. The molecule has 180 valence electrons. The fourth-order valence-electron chi connectivity index (χ4n) is 4.29. The Labute approximate surface area is 199 Å². The lowest BCUT2D eigenvalue weighted by Crippen LogP contribution is -2.46. The number of carbonyl (C=O) groups is 1. The molecule has 2 N–H and O–H groups in total. The lowest BCUT2D eigenvalue weighted by molar-refractivity contribution is -0.132. The summed E-state index contributed by atoms with van der Waals surface area (Å²) in [5.74, 6) is -0.385. The molecule has 0 saturated heterocycles. The fraction of sp³-hybridized carbons (Fsp3) is 0.360. The molecule has 0 bridgehead atoms. The average Bonchev–Trinajstić information content (AvgIpc) is 3.36. The summed E-state index contributed by atoms with van der Waals surface area (Å²) in [6.45, 7) is 3.78. The lowest BCUT2D eigenvalue weighted by Gasteiger charge is -2.37. The smallest absolute Gasteiger partial charge is 0.240 e. The second-order valence-electron chi connectivity index (χ2n) is 9.15. The van der Waals surface area contributed by atoms with Crippen molar-refractivity contribution >= 4 is 15.9 Å². The minimum absolute atomic E-state index is 0.0696. The molecule has 1 amide bonds. The van der Waals surface area contributed by atoms with Crippen molar-refractivity contribution in [2.75, 3.05) is 0 Å². The van der Waals surface area contributed by atoms with Crippen LogP contribution >= 0.6 is 0 Å². The van der Waals surface area contributed by atoms with Crippen LogP contribution in [0.15, 0.2) is 71.9 Å². The van der Waals surface area contributed by atoms with Gasteiger partial charge in [0.1, 0.15) is 5.82 Å². The van der Waals surface area contributed by atoms with Gasteiger partial charge in [-0.15, -0.1) is 0 Å². The third-order valence-electron chi connectivity index (χ3n) is 6.59. The Hall–Kier alpha value is -3.04. The van der Waals surface area contributed by atoms with Crippen molar-refractivity contribution in [2.45, 2.75) is 56.5 Å². The van der Waals surface area contributed by atoms with Gasteiger partial charge in [-0.3, -0.25) is 4.79 Å². The number of nitrogens with zero attached hydrogens (tertiary/aromatic N) is 2. The van der Waals surface area contributed by atoms with E-state index in [0.717, 1.165) is 11.3 Å². The molecule has 0 spiro atoms. The Morgan fingerprint density at radius 1 is 1.12 bits per heavy atom. The van der Waals surface area contributed by atoms with Gasteiger partial charge in [0.05, 0.1) is 16.6 Å². The van der Waals surface area contributed by atoms with E-state index < -0.39 is 15.4 Å². The van der Waals surface area contributed by atoms with Gasteiger partial charge in [-0.25, -0.2) is 22.2 Å². The first kappa shape index (κ1) is 24.1. The van der Waals surface area contributed by atoms with Crippen molar-refractivity contribution in [2.24, 2.45) is 5.41 Å². The first-order valence-corrected chi connectivity index (χ1v) is 12.8. The van der Waals surface area contributed by atoms with Gasteiger partial charge < -0.3 is 5.32 Å². The molecular formula is C25H29FN4O3S. The number of carbonyl (C=O) groups excluding carboxylic acids is 1. The Kier molecular flexibility index (Phi) is 6.86. The molecular weight excluding hydrogens is 455 g/mol. The Morgan fingerprint density at radius 2 is 1.76 bits per heavy atom. The molecule has 7 nitrogen and oxygen atoms in total. The van der Waals surface area contributed by atoms with Gasteiger partial charge in [0, 0.05) is 23.9 Å². The van der Waals surface area contributed by atoms with E-state index in [1.165, 1.54) is 12.1 Å². The maximum Gasteiger partial charge on any atom is 0.240 e. The first-order chi connectivity index (χ1) is 16.2. The van der Waals surface area contributed by atoms with E-state index in [0.29, 0.717) is 25.7 Å². The number of sulfonamides is 1. The maximum atomic E-state index is 13.2. The molecule has 2 aromatic carbocycles. The van der Waals surface area contributed by atoms with Crippen molar-refractivity contribution < 1.29 is 17.6 Å². The van der Waals surface area contributed by atoms with Crippen LogP contribution in [0.3, 0.4) is 0 Å². The third kappa shape index (κ3) is 5.37. The van der Waals surface area contributed by atoms with Crippen molar-refractivity contribution in [3.8, 4) is 5.69 Å². The number of hydrogen-bond donors (Lipinski definition) is 2. The number of benzene rings is 2. The van der Waals surface area contributed by atoms with Crippen molar-refractivity contribution in [1.82, 2.24) is 19.8 Å². The average molecular weight is 485 g/mol. The van der Waals surface area contributed by atoms with Gasteiger partial charge in [-0.2, -0.15) is 5.10 Å². The molecule has 34 heavy (non-hydrogen) atoms. The minimum atomic E-state index is -3.67. The van der Waals surface area contributed by atoms with Gasteiger partial charge in [0.25, 0.3) is 0 Å². The summed E-state index contributed by atoms with van der Waals surface area (Å²) in [6, 6.07) is 14.0. The van der Waals surface area contributed by atoms with E-state index in [4.69, 9.17) is 0 Å². The normalized spacial score (nSPS) is 21.7. The molecule has 1 fully saturated rings. The molecule has 0 unspecified atom stereocenters. The molecule has 1 heterocycles. The molecule has 4 rings (SSSR count). The van der Waals surface area contributed by atoms with Crippen molar-refractivity contribution in [1.29, 1.82) is 0 Å². The van der Waals surface area contributed by atoms with Gasteiger partial charge in [-0.1, -0.05) is 19.1 Å². The Bertz CT molecular complexity index is 1220. The predicted molar refractivity (Wildman–Crippen MR) is 127 cm³/mol. The minimum Gasteiger partial charge on any atom is -0.349 e. The molecule has 1 aliphatic rings. The maximum absolute atomic E-state index is 13.2. The molecule has 9 heteroatoms. The summed E-state index contributed by atoms with van der Waals surface area (Å²) in [6.07, 6.45) is 5.73. The van der Waals surface area contributed by atoms with Crippen LogP contribution in [0.2, 0.25) is 0 Å². The zero-order valence-electron chi connectivity index (χ0n) is 19.2. The number of rotatable bonds is 7. The first-order valence-electron chi connectivity index (χ1n) is 11.4. The topological polar surface area (TPSA) is 93.1 Å². The monoisotopic (exact) mass is 484 g/mol. The second-order valence-corrected chi connectivity index (χ2v) is 10.9. The number of aromatic nitrogens is 2. The molecule has 3 aromatic rings. The lowest BCUT2D eigenvalue weighted by atomic mass is 9.73. The molecule has 1 aromatic heterocycles. The third-order valence-corrected chi connectivity index (χ3v) is 8.13. The number of nitrogens with one attached hydrogen (secondary N) is 2. The van der Waals surface area contributed by atoms with E-state index in [2.05, 4.69) is 15.1 Å². The Morgan fingerprint density at radius 3 is 2.35 bits per heavy atom. The SMILES string of the molecule is C[C@@H](NC(=O)C1(C)CCC(NS(=O)(=O)c2ccc(-n3cccn3)cc2)CC1)c1ccc(F)cc1. The van der Waals surface area contributed by atoms with Crippen molar-refractivity contribution in [3.63, 3.8) is 0 Å². The fourth-order valence-corrected chi connectivity index (χ4v) is 5.60. The molecule has 1 aliphatic carbocycles. The van der Waals surface area contributed by atoms with Gasteiger partial charge in [0.2, 0.25) is 15.9 Å². The standard InChI is InChI=1S/C25H29FN4O3S/c1-18(19-4-6-20(26)7-5-19)28-24(31)25(2)14-12-21(13-15-25)29-34(32,33)23-10-8-22(9-11-23)30-17-3-16-27-30/h3-11,16-18,21,29H,12-15H2,1-2H3,(H,28,31)/t18-,21?,25?/m1/s1. The molecule has 0 radical (unpaired) electrons. The van der Waals surface area contributed by atoms with E-state index in [-0.39, 0.29) is 28.7 Å². The van der Waals surface area contributed by atoms with Crippen LogP contribution < -0.4 is 10.0 Å². The van der Waals surface area contributed by atoms with E-state index in [1.807, 2.05) is 13.8 Å². The molecule has 0 aliphatic heterocycles. The van der Waals surface area contributed by atoms with E-state index in [1.54, 1.807) is 59.5 Å². The summed E-state index contributed by atoms with van der Waals surface area (Å²) in [5, 5.41) is 7.17. The highest BCUT2D eigenvalue weighted by atomic mass is 32.2. The number of hydrogen-bond acceptors (Lipinski definition) is 4. The highest BCUT2D eigenvalue weighted by Gasteiger charge is 2.39. The summed E-state index contributed by atoms with van der Waals surface area (Å²) in [4.78, 5) is 13.2. The van der Waals surface area contributed by atoms with Gasteiger partial charge >= 0.3 is 0 Å². The van der Waals surface area contributed by atoms with E-state index >= 15 is 0 Å². The summed E-state index contributed by atoms with van der Waals surface area (Å²) >= 11 is 0. The largest absolute Gasteiger partial charge is 0.349 e. The number of halogens is 1. The summed E-state index contributed by atoms with van der Waals surface area (Å²) in [5.41, 5.74) is 1.03. The molecule has 1 saturated carbocycles.